The van der Waals surface area contributed by atoms with Crippen LogP contribution < -0.4 is 5.32 Å². The number of carbonyl (C=O) groups excluding carboxylic acids is 2. The maximum Gasteiger partial charge on any atom is 0.243 e. The third-order valence-corrected chi connectivity index (χ3v) is 8.23. The van der Waals surface area contributed by atoms with Crippen LogP contribution in [0, 0.1) is 6.92 Å². The Morgan fingerprint density at radius 2 is 1.67 bits per heavy atom. The molecule has 2 aromatic carbocycles. The van der Waals surface area contributed by atoms with Crippen molar-refractivity contribution in [3.8, 4) is 0 Å². The minimum atomic E-state index is -3.99. The van der Waals surface area contributed by atoms with Gasteiger partial charge in [-0.2, -0.15) is 4.31 Å². The van der Waals surface area contributed by atoms with Crippen LogP contribution in [0.25, 0.3) is 0 Å². The molecule has 36 heavy (non-hydrogen) atoms. The Hall–Kier alpha value is -3.05. The average Bonchev–Trinajstić information content (AvgIpc) is 3.26. The molecule has 3 aromatic rings. The Morgan fingerprint density at radius 1 is 0.972 bits per heavy atom. The first-order chi connectivity index (χ1) is 17.2. The summed E-state index contributed by atoms with van der Waals surface area (Å²) in [6.45, 7) is 3.97. The van der Waals surface area contributed by atoms with Gasteiger partial charge in [0.1, 0.15) is 0 Å². The van der Waals surface area contributed by atoms with E-state index in [-0.39, 0.29) is 36.4 Å². The largest absolute Gasteiger partial charge is 0.383 e. The SMILES string of the molecule is COCCN(CC(=O)N(Cc1ccccc1)Cc1ccc(C)s1)S(=O)(=O)c1ccc(NC(C)=O)cc1. The van der Waals surface area contributed by atoms with Crippen molar-refractivity contribution in [3.05, 3.63) is 82.0 Å². The van der Waals surface area contributed by atoms with Gasteiger partial charge in [-0.15, -0.1) is 11.3 Å². The smallest absolute Gasteiger partial charge is 0.243 e. The Morgan fingerprint density at radius 3 is 2.25 bits per heavy atom. The van der Waals surface area contributed by atoms with Crippen LogP contribution in [0.5, 0.6) is 0 Å². The summed E-state index contributed by atoms with van der Waals surface area (Å²) in [5.74, 6) is -0.559. The molecule has 0 unspecified atom stereocenters. The van der Waals surface area contributed by atoms with Crippen molar-refractivity contribution in [1.82, 2.24) is 9.21 Å². The highest BCUT2D eigenvalue weighted by Crippen LogP contribution is 2.21. The van der Waals surface area contributed by atoms with Crippen molar-refractivity contribution >= 4 is 38.9 Å². The van der Waals surface area contributed by atoms with E-state index < -0.39 is 10.0 Å². The van der Waals surface area contributed by atoms with E-state index in [2.05, 4.69) is 5.32 Å². The Balaban J connectivity index is 1.84. The molecule has 0 aliphatic carbocycles. The average molecular weight is 530 g/mol. The van der Waals surface area contributed by atoms with E-state index in [4.69, 9.17) is 4.74 Å². The van der Waals surface area contributed by atoms with Crippen molar-refractivity contribution in [2.75, 3.05) is 32.1 Å². The van der Waals surface area contributed by atoms with E-state index in [1.807, 2.05) is 49.4 Å². The van der Waals surface area contributed by atoms with Gasteiger partial charge in [0.05, 0.1) is 24.6 Å². The summed E-state index contributed by atoms with van der Waals surface area (Å²) in [5, 5.41) is 2.61. The Labute approximate surface area is 216 Å². The summed E-state index contributed by atoms with van der Waals surface area (Å²) < 4.78 is 33.2. The maximum atomic E-state index is 13.5. The summed E-state index contributed by atoms with van der Waals surface area (Å²) >= 11 is 1.61. The third kappa shape index (κ3) is 7.72. The lowest BCUT2D eigenvalue weighted by Crippen LogP contribution is -2.43. The maximum absolute atomic E-state index is 13.5. The Bertz CT molecular complexity index is 1260. The first-order valence-electron chi connectivity index (χ1n) is 11.4. The highest BCUT2D eigenvalue weighted by Gasteiger charge is 2.28. The quantitative estimate of drug-likeness (QED) is 0.384. The summed E-state index contributed by atoms with van der Waals surface area (Å²) in [6.07, 6.45) is 0. The summed E-state index contributed by atoms with van der Waals surface area (Å²) in [4.78, 5) is 28.7. The first kappa shape index (κ1) is 27.5. The molecule has 1 heterocycles. The summed E-state index contributed by atoms with van der Waals surface area (Å²) in [7, 11) is -2.51. The van der Waals surface area contributed by atoms with E-state index in [1.165, 1.54) is 38.3 Å². The van der Waals surface area contributed by atoms with E-state index in [0.717, 1.165) is 19.6 Å². The monoisotopic (exact) mass is 529 g/mol. The number of ether oxygens (including phenoxy) is 1. The zero-order chi connectivity index (χ0) is 26.1. The highest BCUT2D eigenvalue weighted by atomic mass is 32.2. The van der Waals surface area contributed by atoms with Crippen molar-refractivity contribution in [2.45, 2.75) is 31.8 Å². The van der Waals surface area contributed by atoms with E-state index in [9.17, 15) is 18.0 Å². The number of sulfonamides is 1. The molecular weight excluding hydrogens is 498 g/mol. The number of methoxy groups -OCH3 is 1. The zero-order valence-corrected chi connectivity index (χ0v) is 22.3. The Kier molecular flexibility index (Phi) is 9.77. The number of hydrogen-bond acceptors (Lipinski definition) is 6. The van der Waals surface area contributed by atoms with Gasteiger partial charge in [0, 0.05) is 42.6 Å². The van der Waals surface area contributed by atoms with Crippen molar-refractivity contribution in [2.24, 2.45) is 0 Å². The second-order valence-electron chi connectivity index (χ2n) is 8.28. The minimum absolute atomic E-state index is 0.0231. The molecule has 0 bridgehead atoms. The lowest BCUT2D eigenvalue weighted by atomic mass is 10.2. The fraction of sp³-hybridized carbons (Fsp3) is 0.308. The molecule has 0 spiro atoms. The second kappa shape index (κ2) is 12.8. The third-order valence-electron chi connectivity index (χ3n) is 5.38. The number of nitrogens with zero attached hydrogens (tertiary/aromatic N) is 2. The van der Waals surface area contributed by atoms with Gasteiger partial charge in [-0.25, -0.2) is 8.42 Å². The molecule has 0 aliphatic rings. The molecule has 1 aromatic heterocycles. The molecule has 2 amide bonds. The van der Waals surface area contributed by atoms with E-state index >= 15 is 0 Å². The number of rotatable bonds is 12. The van der Waals surface area contributed by atoms with Gasteiger partial charge in [0.25, 0.3) is 0 Å². The van der Waals surface area contributed by atoms with Crippen LogP contribution in [0.1, 0.15) is 22.2 Å². The fourth-order valence-corrected chi connectivity index (χ4v) is 5.86. The van der Waals surface area contributed by atoms with Gasteiger partial charge in [0.2, 0.25) is 21.8 Å². The fourth-order valence-electron chi connectivity index (χ4n) is 3.59. The van der Waals surface area contributed by atoms with Crippen LogP contribution in [-0.2, 0) is 37.4 Å². The lowest BCUT2D eigenvalue weighted by Gasteiger charge is -2.27. The van der Waals surface area contributed by atoms with Crippen LogP contribution in [0.2, 0.25) is 0 Å². The van der Waals surface area contributed by atoms with Gasteiger partial charge in [0.15, 0.2) is 0 Å². The number of anilines is 1. The van der Waals surface area contributed by atoms with Crippen LogP contribution in [0.4, 0.5) is 5.69 Å². The van der Waals surface area contributed by atoms with E-state index in [1.54, 1.807) is 16.2 Å². The standard InChI is InChI=1S/C26H31N3O5S2/c1-20-9-12-24(35-20)18-28(17-22-7-5-4-6-8-22)26(31)19-29(15-16-34-3)36(32,33)25-13-10-23(11-14-25)27-21(2)30/h4-14H,15-19H2,1-3H3,(H,27,30). The molecular formula is C26H31N3O5S2. The predicted molar refractivity (Wildman–Crippen MR) is 141 cm³/mol. The molecule has 0 fully saturated rings. The molecule has 0 radical (unpaired) electrons. The molecule has 0 saturated carbocycles. The van der Waals surface area contributed by atoms with Gasteiger partial charge in [-0.1, -0.05) is 30.3 Å². The number of thiophene rings is 1. The molecule has 10 heteroatoms. The molecule has 0 saturated heterocycles. The number of aryl methyl sites for hydroxylation is 1. The van der Waals surface area contributed by atoms with Crippen molar-refractivity contribution < 1.29 is 22.7 Å². The topological polar surface area (TPSA) is 96.0 Å². The van der Waals surface area contributed by atoms with Crippen LogP contribution in [-0.4, -0.2) is 56.2 Å². The predicted octanol–water partition coefficient (Wildman–Crippen LogP) is 3.88. The second-order valence-corrected chi connectivity index (χ2v) is 11.6. The van der Waals surface area contributed by atoms with Crippen molar-refractivity contribution in [1.29, 1.82) is 0 Å². The van der Waals surface area contributed by atoms with Gasteiger partial charge < -0.3 is 15.0 Å². The molecule has 192 valence electrons. The highest BCUT2D eigenvalue weighted by molar-refractivity contribution is 7.89. The number of amides is 2. The minimum Gasteiger partial charge on any atom is -0.383 e. The molecule has 8 nitrogen and oxygen atoms in total. The molecule has 0 atom stereocenters. The number of nitrogens with one attached hydrogen (secondary N) is 1. The van der Waals surface area contributed by atoms with Gasteiger partial charge >= 0.3 is 0 Å². The van der Waals surface area contributed by atoms with Crippen molar-refractivity contribution in [3.63, 3.8) is 0 Å². The number of hydrogen-bond donors (Lipinski definition) is 1. The van der Waals surface area contributed by atoms with Crippen LogP contribution >= 0.6 is 11.3 Å². The molecule has 0 aliphatic heterocycles. The van der Waals surface area contributed by atoms with Crippen LogP contribution in [0.15, 0.2) is 71.6 Å². The summed E-state index contributed by atoms with van der Waals surface area (Å²) in [5.41, 5.74) is 1.44. The van der Waals surface area contributed by atoms with Gasteiger partial charge in [-0.05, 0) is 48.9 Å². The number of carbonyl (C=O) groups is 2. The van der Waals surface area contributed by atoms with Gasteiger partial charge in [-0.3, -0.25) is 9.59 Å². The normalized spacial score (nSPS) is 11.4. The first-order valence-corrected chi connectivity index (χ1v) is 13.7. The zero-order valence-electron chi connectivity index (χ0n) is 20.6. The van der Waals surface area contributed by atoms with E-state index in [0.29, 0.717) is 18.8 Å². The van der Waals surface area contributed by atoms with Crippen LogP contribution in [0.3, 0.4) is 0 Å². The molecule has 1 N–H and O–H groups in total. The summed E-state index contributed by atoms with van der Waals surface area (Å²) in [6, 6.07) is 19.5. The number of benzene rings is 2. The molecule has 3 rings (SSSR count). The lowest BCUT2D eigenvalue weighted by molar-refractivity contribution is -0.132.